The van der Waals surface area contributed by atoms with Crippen molar-refractivity contribution in [3.63, 3.8) is 0 Å². The summed E-state index contributed by atoms with van der Waals surface area (Å²) in [7, 11) is 1.92. The SMILES string of the molecule is Cc1nn(C)c(Br)c1C. The largest absolute Gasteiger partial charge is 0.261 e. The van der Waals surface area contributed by atoms with Crippen LogP contribution in [0.1, 0.15) is 11.3 Å². The maximum Gasteiger partial charge on any atom is 0.106 e. The zero-order valence-corrected chi connectivity index (χ0v) is 7.36. The van der Waals surface area contributed by atoms with Crippen molar-refractivity contribution in [2.24, 2.45) is 7.05 Å². The fraction of sp³-hybridized carbons (Fsp3) is 0.500. The second kappa shape index (κ2) is 2.14. The molecule has 0 amide bonds. The zero-order chi connectivity index (χ0) is 7.02. The Balaban J connectivity index is 3.29. The molecule has 0 unspecified atom stereocenters. The smallest absolute Gasteiger partial charge is 0.106 e. The van der Waals surface area contributed by atoms with Gasteiger partial charge in [-0.3, -0.25) is 4.68 Å². The maximum absolute atomic E-state index is 4.18. The van der Waals surface area contributed by atoms with Gasteiger partial charge in [-0.25, -0.2) is 0 Å². The Morgan fingerprint density at radius 3 is 2.11 bits per heavy atom. The summed E-state index contributed by atoms with van der Waals surface area (Å²) in [4.78, 5) is 0. The van der Waals surface area contributed by atoms with E-state index in [2.05, 4.69) is 21.0 Å². The fourth-order valence-corrected chi connectivity index (χ4v) is 1.10. The number of aromatic nitrogens is 2. The first-order valence-corrected chi connectivity index (χ1v) is 3.58. The summed E-state index contributed by atoms with van der Waals surface area (Å²) in [5.74, 6) is 0. The van der Waals surface area contributed by atoms with Gasteiger partial charge in [0, 0.05) is 12.6 Å². The van der Waals surface area contributed by atoms with Gasteiger partial charge in [-0.15, -0.1) is 0 Å². The van der Waals surface area contributed by atoms with Crippen LogP contribution in [0.4, 0.5) is 0 Å². The predicted octanol–water partition coefficient (Wildman–Crippen LogP) is 1.80. The van der Waals surface area contributed by atoms with Gasteiger partial charge < -0.3 is 0 Å². The molecule has 0 spiro atoms. The molecule has 0 saturated heterocycles. The number of nitrogens with zero attached hydrogens (tertiary/aromatic N) is 2. The van der Waals surface area contributed by atoms with E-state index < -0.39 is 0 Å². The number of rotatable bonds is 0. The minimum absolute atomic E-state index is 1.07. The molecule has 0 aliphatic heterocycles. The van der Waals surface area contributed by atoms with Crippen LogP contribution in [0.15, 0.2) is 4.60 Å². The highest BCUT2D eigenvalue weighted by molar-refractivity contribution is 9.10. The average molecular weight is 189 g/mol. The molecule has 1 aromatic heterocycles. The van der Waals surface area contributed by atoms with Crippen molar-refractivity contribution in [1.29, 1.82) is 0 Å². The molecule has 0 aromatic carbocycles. The third-order valence-electron chi connectivity index (χ3n) is 1.44. The lowest BCUT2D eigenvalue weighted by Crippen LogP contribution is -1.89. The van der Waals surface area contributed by atoms with Crippen LogP contribution in [0.5, 0.6) is 0 Å². The summed E-state index contributed by atoms with van der Waals surface area (Å²) in [5.41, 5.74) is 2.31. The quantitative estimate of drug-likeness (QED) is 0.608. The Hall–Kier alpha value is -0.310. The third-order valence-corrected chi connectivity index (χ3v) is 2.54. The molecule has 0 aliphatic carbocycles. The van der Waals surface area contributed by atoms with E-state index in [1.807, 2.05) is 25.6 Å². The predicted molar refractivity (Wildman–Crippen MR) is 40.4 cm³/mol. The molecule has 0 aliphatic rings. The van der Waals surface area contributed by atoms with Crippen molar-refractivity contribution in [2.75, 3.05) is 0 Å². The molecule has 1 aromatic rings. The van der Waals surface area contributed by atoms with Gasteiger partial charge in [0.1, 0.15) is 4.60 Å². The summed E-state index contributed by atoms with van der Waals surface area (Å²) >= 11 is 3.40. The lowest BCUT2D eigenvalue weighted by atomic mass is 10.3. The van der Waals surface area contributed by atoms with Gasteiger partial charge >= 0.3 is 0 Å². The Bertz CT molecular complexity index is 205. The van der Waals surface area contributed by atoms with Crippen LogP contribution < -0.4 is 0 Å². The summed E-state index contributed by atoms with van der Waals surface area (Å²) in [5, 5.41) is 4.18. The number of halogens is 1. The molecule has 2 nitrogen and oxygen atoms in total. The van der Waals surface area contributed by atoms with Crippen LogP contribution in [0.25, 0.3) is 0 Å². The first kappa shape index (κ1) is 6.81. The van der Waals surface area contributed by atoms with Gasteiger partial charge in [-0.2, -0.15) is 5.10 Å². The van der Waals surface area contributed by atoms with Crippen molar-refractivity contribution >= 4 is 15.9 Å². The highest BCUT2D eigenvalue weighted by Crippen LogP contribution is 2.16. The average Bonchev–Trinajstić information content (AvgIpc) is 1.98. The standard InChI is InChI=1S/C6H9BrN2/c1-4-5(2)8-9(3)6(4)7/h1-3H3. The van der Waals surface area contributed by atoms with Gasteiger partial charge in [0.2, 0.25) is 0 Å². The molecule has 0 bridgehead atoms. The normalized spacial score (nSPS) is 10.2. The molecule has 50 valence electrons. The number of hydrogen-bond acceptors (Lipinski definition) is 1. The first-order valence-electron chi connectivity index (χ1n) is 2.78. The van der Waals surface area contributed by atoms with Crippen molar-refractivity contribution in [3.8, 4) is 0 Å². The van der Waals surface area contributed by atoms with Gasteiger partial charge in [0.05, 0.1) is 5.69 Å². The van der Waals surface area contributed by atoms with Gasteiger partial charge in [0.15, 0.2) is 0 Å². The Morgan fingerprint density at radius 2 is 2.00 bits per heavy atom. The van der Waals surface area contributed by atoms with Crippen molar-refractivity contribution in [2.45, 2.75) is 13.8 Å². The van der Waals surface area contributed by atoms with Gasteiger partial charge in [-0.05, 0) is 29.8 Å². The monoisotopic (exact) mass is 188 g/mol. The van der Waals surface area contributed by atoms with E-state index in [9.17, 15) is 0 Å². The second-order valence-electron chi connectivity index (χ2n) is 2.12. The molecule has 1 heterocycles. The van der Waals surface area contributed by atoms with Crippen molar-refractivity contribution in [3.05, 3.63) is 15.9 Å². The van der Waals surface area contributed by atoms with Crippen molar-refractivity contribution in [1.82, 2.24) is 9.78 Å². The van der Waals surface area contributed by atoms with E-state index in [0.29, 0.717) is 0 Å². The van der Waals surface area contributed by atoms with Crippen LogP contribution in [-0.4, -0.2) is 9.78 Å². The highest BCUT2D eigenvalue weighted by Gasteiger charge is 2.03. The van der Waals surface area contributed by atoms with Gasteiger partial charge in [-0.1, -0.05) is 0 Å². The maximum atomic E-state index is 4.18. The van der Waals surface area contributed by atoms with E-state index >= 15 is 0 Å². The highest BCUT2D eigenvalue weighted by atomic mass is 79.9. The molecule has 3 heteroatoms. The molecular weight excluding hydrogens is 180 g/mol. The molecule has 1 rings (SSSR count). The van der Waals surface area contributed by atoms with Gasteiger partial charge in [0.25, 0.3) is 0 Å². The van der Waals surface area contributed by atoms with E-state index in [-0.39, 0.29) is 0 Å². The topological polar surface area (TPSA) is 17.8 Å². The van der Waals surface area contributed by atoms with Crippen LogP contribution in [0.2, 0.25) is 0 Å². The van der Waals surface area contributed by atoms with E-state index in [1.165, 1.54) is 5.56 Å². The Morgan fingerprint density at radius 1 is 1.44 bits per heavy atom. The summed E-state index contributed by atoms with van der Waals surface area (Å²) in [6.45, 7) is 4.05. The lowest BCUT2D eigenvalue weighted by Gasteiger charge is -1.88. The minimum Gasteiger partial charge on any atom is -0.261 e. The molecule has 0 N–H and O–H groups in total. The number of aryl methyl sites for hydroxylation is 2. The summed E-state index contributed by atoms with van der Waals surface area (Å²) < 4.78 is 2.89. The first-order chi connectivity index (χ1) is 4.13. The van der Waals surface area contributed by atoms with Crippen LogP contribution in [0, 0.1) is 13.8 Å². The second-order valence-corrected chi connectivity index (χ2v) is 2.88. The van der Waals surface area contributed by atoms with Crippen LogP contribution in [0.3, 0.4) is 0 Å². The Kier molecular flexibility index (Phi) is 1.62. The number of hydrogen-bond donors (Lipinski definition) is 0. The summed E-state index contributed by atoms with van der Waals surface area (Å²) in [6.07, 6.45) is 0. The summed E-state index contributed by atoms with van der Waals surface area (Å²) in [6, 6.07) is 0. The fourth-order valence-electron chi connectivity index (χ4n) is 0.736. The minimum atomic E-state index is 1.07. The third kappa shape index (κ3) is 1.01. The Labute approximate surface area is 63.0 Å². The van der Waals surface area contributed by atoms with E-state index in [4.69, 9.17) is 0 Å². The molecule has 0 saturated carbocycles. The van der Waals surface area contributed by atoms with E-state index in [1.54, 1.807) is 0 Å². The van der Waals surface area contributed by atoms with Crippen LogP contribution in [-0.2, 0) is 7.05 Å². The zero-order valence-electron chi connectivity index (χ0n) is 5.77. The molecular formula is C6H9BrN2. The van der Waals surface area contributed by atoms with Crippen molar-refractivity contribution < 1.29 is 0 Å². The van der Waals surface area contributed by atoms with Crippen LogP contribution >= 0.6 is 15.9 Å². The molecule has 0 fully saturated rings. The molecule has 0 radical (unpaired) electrons. The molecule has 9 heavy (non-hydrogen) atoms. The molecule has 0 atom stereocenters. The van der Waals surface area contributed by atoms with E-state index in [0.717, 1.165) is 10.3 Å². The lowest BCUT2D eigenvalue weighted by molar-refractivity contribution is 0.739.